The highest BCUT2D eigenvalue weighted by Gasteiger charge is 2.24. The van der Waals surface area contributed by atoms with Crippen LogP contribution in [0.1, 0.15) is 17.5 Å². The maximum absolute atomic E-state index is 4.35. The third-order valence-corrected chi connectivity index (χ3v) is 13.4. The summed E-state index contributed by atoms with van der Waals surface area (Å²) in [4.78, 5) is 8.69. The Balaban J connectivity index is 1.06. The van der Waals surface area contributed by atoms with Gasteiger partial charge in [-0.05, 0) is 155 Å². The molecule has 3 nitrogen and oxygen atoms in total. The summed E-state index contributed by atoms with van der Waals surface area (Å²) in [6.45, 7) is 0. The lowest BCUT2D eigenvalue weighted by molar-refractivity contribution is 0.991. The van der Waals surface area contributed by atoms with Gasteiger partial charge in [-0.1, -0.05) is 140 Å². The zero-order chi connectivity index (χ0) is 41.4. The van der Waals surface area contributed by atoms with E-state index in [-0.39, 0.29) is 0 Å². The predicted molar refractivity (Wildman–Crippen MR) is 265 cm³/mol. The molecule has 63 heavy (non-hydrogen) atoms. The number of allylic oxidation sites excluding steroid dienone is 1. The van der Waals surface area contributed by atoms with Gasteiger partial charge in [-0.25, -0.2) is 0 Å². The highest BCUT2D eigenvalue weighted by molar-refractivity contribution is 6.24. The lowest BCUT2D eigenvalue weighted by Crippen LogP contribution is -2.02. The van der Waals surface area contributed by atoms with Crippen molar-refractivity contribution in [3.63, 3.8) is 0 Å². The van der Waals surface area contributed by atoms with E-state index in [1.54, 1.807) is 0 Å². The Labute approximate surface area is 364 Å². The topological polar surface area (TPSA) is 30.7 Å². The minimum absolute atomic E-state index is 1.00. The summed E-state index contributed by atoms with van der Waals surface area (Å²) < 4.78 is 2.50. The van der Waals surface area contributed by atoms with Crippen LogP contribution in [0.15, 0.2) is 207 Å². The van der Waals surface area contributed by atoms with Crippen molar-refractivity contribution in [2.45, 2.75) is 12.8 Å². The third-order valence-electron chi connectivity index (χ3n) is 13.4. The Morgan fingerprint density at radius 2 is 0.889 bits per heavy atom. The highest BCUT2D eigenvalue weighted by Crippen LogP contribution is 2.48. The number of para-hydroxylation sites is 1. The Morgan fingerprint density at radius 3 is 1.52 bits per heavy atom. The molecule has 3 aromatic heterocycles. The van der Waals surface area contributed by atoms with Gasteiger partial charge in [0.25, 0.3) is 0 Å². The summed E-state index contributed by atoms with van der Waals surface area (Å²) in [6, 6.07) is 65.1. The van der Waals surface area contributed by atoms with Crippen molar-refractivity contribution < 1.29 is 0 Å². The number of fused-ring (bicyclic) bond motifs is 9. The maximum atomic E-state index is 4.35. The molecule has 294 valence electrons. The van der Waals surface area contributed by atoms with Crippen LogP contribution in [0.2, 0.25) is 0 Å². The second-order valence-electron chi connectivity index (χ2n) is 16.7. The molecule has 0 unspecified atom stereocenters. The van der Waals surface area contributed by atoms with Crippen LogP contribution >= 0.6 is 0 Å². The van der Waals surface area contributed by atoms with Gasteiger partial charge >= 0.3 is 0 Å². The molecule has 0 amide bonds. The van der Waals surface area contributed by atoms with E-state index in [1.807, 2.05) is 24.8 Å². The van der Waals surface area contributed by atoms with Crippen LogP contribution in [0.25, 0.3) is 121 Å². The molecular weight excluding hydrogens is 763 g/mol. The van der Waals surface area contributed by atoms with Gasteiger partial charge in [-0.15, -0.1) is 0 Å². The summed E-state index contributed by atoms with van der Waals surface area (Å²) in [7, 11) is 0. The average Bonchev–Trinajstić information content (AvgIpc) is 3.69. The molecule has 3 heterocycles. The minimum atomic E-state index is 1.00. The molecule has 12 aromatic rings. The molecule has 13 rings (SSSR count). The molecule has 0 saturated carbocycles. The lowest BCUT2D eigenvalue weighted by Gasteiger charge is -2.24. The van der Waals surface area contributed by atoms with E-state index in [0.717, 1.165) is 18.5 Å². The van der Waals surface area contributed by atoms with Gasteiger partial charge in [0.1, 0.15) is 0 Å². The van der Waals surface area contributed by atoms with Crippen molar-refractivity contribution in [3.05, 3.63) is 218 Å². The van der Waals surface area contributed by atoms with Crippen LogP contribution in [0.3, 0.4) is 0 Å². The van der Waals surface area contributed by atoms with Crippen molar-refractivity contribution in [1.82, 2.24) is 14.5 Å². The largest absolute Gasteiger partial charge is 0.309 e. The van der Waals surface area contributed by atoms with Gasteiger partial charge in [0.05, 0.1) is 11.0 Å². The summed E-state index contributed by atoms with van der Waals surface area (Å²) >= 11 is 0. The molecule has 1 aliphatic carbocycles. The fourth-order valence-corrected chi connectivity index (χ4v) is 10.8. The van der Waals surface area contributed by atoms with Crippen LogP contribution in [-0.4, -0.2) is 14.5 Å². The molecule has 1 aliphatic rings. The standard InChI is InChI=1S/C60H39N3/c1-2-12-43(13-3-1)63-55-37-42(59-52-20-10-6-16-48(52)57(39-30-34-62-35-31-39)49-17-7-11-21-53(49)59)24-26-45(55)54-27-22-40-36-41(23-25-44(40)60(54)63)58-50-18-8-4-14-46(50)56(38-28-32-61-33-29-38)47-15-5-9-19-51(47)58/h1-8,10-18,20-37H,9,19H2. The van der Waals surface area contributed by atoms with E-state index in [0.29, 0.717) is 0 Å². The molecule has 3 heteroatoms. The zero-order valence-corrected chi connectivity index (χ0v) is 34.5. The van der Waals surface area contributed by atoms with Gasteiger partial charge in [0, 0.05) is 46.6 Å². The zero-order valence-electron chi connectivity index (χ0n) is 34.5. The maximum Gasteiger partial charge on any atom is 0.0619 e. The van der Waals surface area contributed by atoms with Gasteiger partial charge in [0.2, 0.25) is 0 Å². The normalized spacial score (nSPS) is 12.6. The fraction of sp³-hybridized carbons (Fsp3) is 0.0333. The molecule has 0 aliphatic heterocycles. The van der Waals surface area contributed by atoms with Crippen molar-refractivity contribution in [2.24, 2.45) is 0 Å². The Hall–Kier alpha value is -8.14. The van der Waals surface area contributed by atoms with Crippen LogP contribution in [0.4, 0.5) is 0 Å². The van der Waals surface area contributed by atoms with Crippen LogP contribution in [-0.2, 0) is 6.42 Å². The molecule has 0 bridgehead atoms. The first-order chi connectivity index (χ1) is 31.3. The number of aromatic nitrogens is 3. The Kier molecular flexibility index (Phi) is 8.04. The first-order valence-corrected chi connectivity index (χ1v) is 21.9. The van der Waals surface area contributed by atoms with Gasteiger partial charge in [0.15, 0.2) is 0 Å². The molecule has 0 radical (unpaired) electrons. The number of hydrogen-bond donors (Lipinski definition) is 0. The lowest BCUT2D eigenvalue weighted by atomic mass is 9.80. The second-order valence-corrected chi connectivity index (χ2v) is 16.7. The summed E-state index contributed by atoms with van der Waals surface area (Å²) in [5.41, 5.74) is 16.3. The van der Waals surface area contributed by atoms with Crippen LogP contribution < -0.4 is 0 Å². The van der Waals surface area contributed by atoms with Crippen LogP contribution in [0, 0.1) is 0 Å². The first-order valence-electron chi connectivity index (χ1n) is 21.9. The van der Waals surface area contributed by atoms with Crippen molar-refractivity contribution in [1.29, 1.82) is 0 Å². The first kappa shape index (κ1) is 35.6. The number of benzene rings is 9. The Bertz CT molecular complexity index is 3770. The van der Waals surface area contributed by atoms with E-state index in [9.17, 15) is 0 Å². The number of pyridine rings is 2. The van der Waals surface area contributed by atoms with Gasteiger partial charge in [-0.2, -0.15) is 0 Å². The van der Waals surface area contributed by atoms with Crippen LogP contribution in [0.5, 0.6) is 0 Å². The summed E-state index contributed by atoms with van der Waals surface area (Å²) in [6.07, 6.45) is 14.3. The van der Waals surface area contributed by atoms with Gasteiger partial charge < -0.3 is 4.57 Å². The number of hydrogen-bond acceptors (Lipinski definition) is 2. The fourth-order valence-electron chi connectivity index (χ4n) is 10.8. The molecule has 0 fully saturated rings. The predicted octanol–water partition coefficient (Wildman–Crippen LogP) is 15.8. The summed E-state index contributed by atoms with van der Waals surface area (Å²) in [5.74, 6) is 0. The van der Waals surface area contributed by atoms with E-state index >= 15 is 0 Å². The smallest absolute Gasteiger partial charge is 0.0619 e. The number of rotatable bonds is 5. The molecule has 0 atom stereocenters. The van der Waals surface area contributed by atoms with Crippen molar-refractivity contribution in [3.8, 4) is 50.2 Å². The second kappa shape index (κ2) is 14.2. The molecule has 0 N–H and O–H groups in total. The SMILES string of the molecule is C1=Cc2c(c(-c3ccc4c(ccc5c6ccc(-c7c8ccccc8c(-c8ccncc8)c8ccccc78)cc6n(-c6ccccc6)c45)c3)c3ccccc3c2-c2ccncc2)CC1. The number of nitrogens with zero attached hydrogens (tertiary/aromatic N) is 3. The van der Waals surface area contributed by atoms with Crippen molar-refractivity contribution >= 4 is 71.0 Å². The molecule has 9 aromatic carbocycles. The highest BCUT2D eigenvalue weighted by atomic mass is 15.0. The van der Waals surface area contributed by atoms with Gasteiger partial charge in [-0.3, -0.25) is 9.97 Å². The Morgan fingerprint density at radius 1 is 0.381 bits per heavy atom. The molecule has 0 spiro atoms. The van der Waals surface area contributed by atoms with Crippen molar-refractivity contribution in [2.75, 3.05) is 0 Å². The summed E-state index contributed by atoms with van der Waals surface area (Å²) in [5, 5.41) is 12.5. The van der Waals surface area contributed by atoms with E-state index in [2.05, 4.69) is 203 Å². The van der Waals surface area contributed by atoms with E-state index in [4.69, 9.17) is 0 Å². The average molecular weight is 802 g/mol. The minimum Gasteiger partial charge on any atom is -0.309 e. The third kappa shape index (κ3) is 5.46. The molecule has 0 saturated heterocycles. The quantitative estimate of drug-likeness (QED) is 0.162. The molecular formula is C60H39N3. The monoisotopic (exact) mass is 801 g/mol. The van der Waals surface area contributed by atoms with E-state index < -0.39 is 0 Å². The van der Waals surface area contributed by atoms with E-state index in [1.165, 1.54) is 121 Å².